The molecule has 3 nitrogen and oxygen atoms in total. The Morgan fingerprint density at radius 3 is 2.56 bits per heavy atom. The van der Waals surface area contributed by atoms with Crippen molar-refractivity contribution in [1.29, 1.82) is 0 Å². The molecule has 0 spiro atoms. The first-order valence-corrected chi connectivity index (χ1v) is 5.00. The van der Waals surface area contributed by atoms with Gasteiger partial charge in [-0.25, -0.2) is 9.18 Å². The fourth-order valence-electron chi connectivity index (χ4n) is 1.53. The highest BCUT2D eigenvalue weighted by atomic mass is 19.1. The summed E-state index contributed by atoms with van der Waals surface area (Å²) in [6, 6.07) is 4.20. The first-order valence-electron chi connectivity index (χ1n) is 5.00. The molecular weight excluding hydrogens is 209 g/mol. The second kappa shape index (κ2) is 5.42. The predicted octanol–water partition coefficient (Wildman–Crippen LogP) is 2.87. The number of rotatable bonds is 4. The van der Waals surface area contributed by atoms with Crippen LogP contribution in [0.15, 0.2) is 23.2 Å². The van der Waals surface area contributed by atoms with Crippen LogP contribution in [0.1, 0.15) is 25.5 Å². The summed E-state index contributed by atoms with van der Waals surface area (Å²) in [6.45, 7) is 3.82. The summed E-state index contributed by atoms with van der Waals surface area (Å²) < 4.78 is 18.3. The Balaban J connectivity index is 3.11. The third-order valence-corrected chi connectivity index (χ3v) is 2.34. The van der Waals surface area contributed by atoms with Gasteiger partial charge in [0, 0.05) is 0 Å². The number of carbonyl (C=O) groups excluding carboxylic acids is 1. The van der Waals surface area contributed by atoms with E-state index in [4.69, 9.17) is 4.74 Å². The summed E-state index contributed by atoms with van der Waals surface area (Å²) in [5.74, 6) is -0.165. The Morgan fingerprint density at radius 1 is 1.44 bits per heavy atom. The molecule has 0 aliphatic rings. The molecule has 0 radical (unpaired) electrons. The number of methoxy groups -OCH3 is 1. The van der Waals surface area contributed by atoms with Gasteiger partial charge in [0.05, 0.1) is 13.2 Å². The molecule has 1 aromatic carbocycles. The zero-order chi connectivity index (χ0) is 12.1. The van der Waals surface area contributed by atoms with Crippen LogP contribution < -0.4 is 4.74 Å². The van der Waals surface area contributed by atoms with Crippen LogP contribution in [0.25, 0.3) is 0 Å². The molecule has 0 amide bonds. The molecule has 0 N–H and O–H groups in total. The monoisotopic (exact) mass is 223 g/mol. The van der Waals surface area contributed by atoms with E-state index in [2.05, 4.69) is 4.99 Å². The lowest BCUT2D eigenvalue weighted by molar-refractivity contribution is 0.385. The highest BCUT2D eigenvalue weighted by molar-refractivity contribution is 5.37. The number of ether oxygens (including phenoxy) is 1. The topological polar surface area (TPSA) is 38.7 Å². The van der Waals surface area contributed by atoms with Gasteiger partial charge in [0.15, 0.2) is 11.6 Å². The average Bonchev–Trinajstić information content (AvgIpc) is 2.25. The van der Waals surface area contributed by atoms with E-state index in [9.17, 15) is 9.18 Å². The Bertz CT molecular complexity index is 411. The lowest BCUT2D eigenvalue weighted by Crippen LogP contribution is -2.04. The van der Waals surface area contributed by atoms with Crippen molar-refractivity contribution < 1.29 is 13.9 Å². The van der Waals surface area contributed by atoms with Crippen molar-refractivity contribution in [3.63, 3.8) is 0 Å². The number of nitrogens with zero attached hydrogens (tertiary/aromatic N) is 1. The van der Waals surface area contributed by atoms with Crippen LogP contribution in [0.2, 0.25) is 0 Å². The first-order chi connectivity index (χ1) is 7.60. The smallest absolute Gasteiger partial charge is 0.235 e. The van der Waals surface area contributed by atoms with Crippen LogP contribution in [0, 0.1) is 11.7 Å². The van der Waals surface area contributed by atoms with Gasteiger partial charge in [-0.15, -0.1) is 0 Å². The van der Waals surface area contributed by atoms with Gasteiger partial charge in [-0.3, -0.25) is 0 Å². The third kappa shape index (κ3) is 2.67. The SMILES string of the molecule is COc1ccc(C(N=C=O)C(C)C)cc1F. The molecule has 4 heteroatoms. The maximum atomic E-state index is 13.4. The van der Waals surface area contributed by atoms with E-state index < -0.39 is 5.82 Å². The molecule has 0 bridgehead atoms. The Hall–Kier alpha value is -1.67. The zero-order valence-electron chi connectivity index (χ0n) is 9.53. The lowest BCUT2D eigenvalue weighted by Gasteiger charge is -2.15. The summed E-state index contributed by atoms with van der Waals surface area (Å²) in [7, 11) is 1.40. The molecule has 1 aromatic rings. The van der Waals surface area contributed by atoms with Gasteiger partial charge in [0.1, 0.15) is 0 Å². The normalized spacial score (nSPS) is 12.1. The number of hydrogen-bond donors (Lipinski definition) is 0. The molecule has 1 rings (SSSR count). The number of isocyanates is 1. The zero-order valence-corrected chi connectivity index (χ0v) is 9.53. The highest BCUT2D eigenvalue weighted by Crippen LogP contribution is 2.28. The van der Waals surface area contributed by atoms with Gasteiger partial charge < -0.3 is 4.74 Å². The van der Waals surface area contributed by atoms with Crippen molar-refractivity contribution in [3.8, 4) is 5.75 Å². The molecular formula is C12H14FNO2. The van der Waals surface area contributed by atoms with E-state index in [0.29, 0.717) is 5.56 Å². The van der Waals surface area contributed by atoms with Crippen LogP contribution in [-0.4, -0.2) is 13.2 Å². The first kappa shape index (κ1) is 12.4. The van der Waals surface area contributed by atoms with Crippen LogP contribution in [0.3, 0.4) is 0 Å². The van der Waals surface area contributed by atoms with E-state index in [1.54, 1.807) is 6.07 Å². The molecule has 0 saturated carbocycles. The van der Waals surface area contributed by atoms with Crippen LogP contribution in [0.5, 0.6) is 5.75 Å². The summed E-state index contributed by atoms with van der Waals surface area (Å²) in [4.78, 5) is 14.0. The molecule has 0 aliphatic heterocycles. The third-order valence-electron chi connectivity index (χ3n) is 2.34. The summed E-state index contributed by atoms with van der Waals surface area (Å²) >= 11 is 0. The van der Waals surface area contributed by atoms with Crippen molar-refractivity contribution in [2.45, 2.75) is 19.9 Å². The van der Waals surface area contributed by atoms with E-state index in [0.717, 1.165) is 0 Å². The van der Waals surface area contributed by atoms with Crippen molar-refractivity contribution in [2.24, 2.45) is 10.9 Å². The largest absolute Gasteiger partial charge is 0.494 e. The number of benzene rings is 1. The molecule has 0 aromatic heterocycles. The van der Waals surface area contributed by atoms with Crippen molar-refractivity contribution in [2.75, 3.05) is 7.11 Å². The minimum Gasteiger partial charge on any atom is -0.494 e. The molecule has 0 heterocycles. The molecule has 1 unspecified atom stereocenters. The van der Waals surface area contributed by atoms with Gasteiger partial charge in [-0.05, 0) is 23.6 Å². The van der Waals surface area contributed by atoms with Gasteiger partial charge >= 0.3 is 0 Å². The fraction of sp³-hybridized carbons (Fsp3) is 0.417. The number of aliphatic imine (C=N–C) groups is 1. The molecule has 16 heavy (non-hydrogen) atoms. The van der Waals surface area contributed by atoms with Gasteiger partial charge in [-0.1, -0.05) is 19.9 Å². The Labute approximate surface area is 94.0 Å². The lowest BCUT2D eigenvalue weighted by atomic mass is 9.96. The van der Waals surface area contributed by atoms with Crippen molar-refractivity contribution in [1.82, 2.24) is 0 Å². The van der Waals surface area contributed by atoms with Gasteiger partial charge in [-0.2, -0.15) is 4.99 Å². The number of hydrogen-bond acceptors (Lipinski definition) is 3. The van der Waals surface area contributed by atoms with E-state index >= 15 is 0 Å². The maximum Gasteiger partial charge on any atom is 0.235 e. The van der Waals surface area contributed by atoms with E-state index in [-0.39, 0.29) is 17.7 Å². The predicted molar refractivity (Wildman–Crippen MR) is 58.7 cm³/mol. The quantitative estimate of drug-likeness (QED) is 0.581. The van der Waals surface area contributed by atoms with Crippen LogP contribution in [-0.2, 0) is 4.79 Å². The van der Waals surface area contributed by atoms with Crippen molar-refractivity contribution >= 4 is 6.08 Å². The number of halogens is 1. The second-order valence-corrected chi connectivity index (χ2v) is 3.80. The standard InChI is InChI=1S/C12H14FNO2/c1-8(2)12(14-7-15)9-4-5-11(16-3)10(13)6-9/h4-6,8,12H,1-3H3. The minimum absolute atomic E-state index is 0.106. The molecule has 0 aliphatic carbocycles. The summed E-state index contributed by atoms with van der Waals surface area (Å²) in [5.41, 5.74) is 0.650. The van der Waals surface area contributed by atoms with Crippen molar-refractivity contribution in [3.05, 3.63) is 29.6 Å². The van der Waals surface area contributed by atoms with Gasteiger partial charge in [0.2, 0.25) is 6.08 Å². The molecule has 86 valence electrons. The summed E-state index contributed by atoms with van der Waals surface area (Å²) in [5, 5.41) is 0. The maximum absolute atomic E-state index is 13.4. The van der Waals surface area contributed by atoms with Gasteiger partial charge in [0.25, 0.3) is 0 Å². The minimum atomic E-state index is -0.452. The molecule has 0 saturated heterocycles. The summed E-state index contributed by atoms with van der Waals surface area (Å²) in [6.07, 6.45) is 1.52. The van der Waals surface area contributed by atoms with Crippen LogP contribution in [0.4, 0.5) is 4.39 Å². The second-order valence-electron chi connectivity index (χ2n) is 3.80. The van der Waals surface area contributed by atoms with E-state index in [1.165, 1.54) is 25.3 Å². The Morgan fingerprint density at radius 2 is 2.12 bits per heavy atom. The molecule has 1 atom stereocenters. The van der Waals surface area contributed by atoms with Crippen LogP contribution >= 0.6 is 0 Å². The Kier molecular flexibility index (Phi) is 4.20. The average molecular weight is 223 g/mol. The molecule has 0 fully saturated rings. The highest BCUT2D eigenvalue weighted by Gasteiger charge is 2.16. The fourth-order valence-corrected chi connectivity index (χ4v) is 1.53. The van der Waals surface area contributed by atoms with E-state index in [1.807, 2.05) is 13.8 Å².